The highest BCUT2D eigenvalue weighted by atomic mass is 16.2. The van der Waals surface area contributed by atoms with Crippen LogP contribution in [0, 0.1) is 5.92 Å². The summed E-state index contributed by atoms with van der Waals surface area (Å²) in [6, 6.07) is 0.0298. The third-order valence-electron chi connectivity index (χ3n) is 3.76. The van der Waals surface area contributed by atoms with Crippen LogP contribution in [0.2, 0.25) is 0 Å². The molecule has 1 aliphatic carbocycles. The van der Waals surface area contributed by atoms with Gasteiger partial charge in [-0.15, -0.1) is 0 Å². The summed E-state index contributed by atoms with van der Waals surface area (Å²) in [5, 5.41) is 2.96. The molecule has 0 saturated heterocycles. The molecule has 0 radical (unpaired) electrons. The number of nitrogens with one attached hydrogen (secondary N) is 1. The molecule has 0 heterocycles. The van der Waals surface area contributed by atoms with Gasteiger partial charge in [0.1, 0.15) is 0 Å². The van der Waals surface area contributed by atoms with Crippen LogP contribution in [0.15, 0.2) is 0 Å². The van der Waals surface area contributed by atoms with E-state index in [1.807, 2.05) is 0 Å². The third-order valence-corrected chi connectivity index (χ3v) is 3.76. The average molecular weight is 241 g/mol. The van der Waals surface area contributed by atoms with E-state index in [-0.39, 0.29) is 5.91 Å². The van der Waals surface area contributed by atoms with Gasteiger partial charge in [0, 0.05) is 12.6 Å². The van der Waals surface area contributed by atoms with Crippen molar-refractivity contribution in [3.8, 4) is 0 Å². The summed E-state index contributed by atoms with van der Waals surface area (Å²) in [5.41, 5.74) is 5.55. The predicted octanol–water partition coefficient (Wildman–Crippen LogP) is 0.960. The molecule has 1 aliphatic rings. The minimum atomic E-state index is -0.413. The van der Waals surface area contributed by atoms with Crippen molar-refractivity contribution in [2.75, 3.05) is 20.6 Å². The maximum atomic E-state index is 11.5. The minimum Gasteiger partial charge on any atom is -0.353 e. The molecule has 4 nitrogen and oxygen atoms in total. The van der Waals surface area contributed by atoms with Crippen molar-refractivity contribution in [3.05, 3.63) is 0 Å². The van der Waals surface area contributed by atoms with E-state index in [1.165, 1.54) is 32.1 Å². The van der Waals surface area contributed by atoms with Crippen LogP contribution in [-0.4, -0.2) is 43.5 Å². The first kappa shape index (κ1) is 14.5. The zero-order valence-electron chi connectivity index (χ0n) is 11.4. The van der Waals surface area contributed by atoms with Crippen molar-refractivity contribution in [1.82, 2.24) is 10.2 Å². The highest BCUT2D eigenvalue weighted by Gasteiger charge is 2.25. The van der Waals surface area contributed by atoms with E-state index in [1.54, 1.807) is 6.92 Å². The van der Waals surface area contributed by atoms with Crippen molar-refractivity contribution in [2.45, 2.75) is 51.1 Å². The van der Waals surface area contributed by atoms with Crippen LogP contribution in [0.1, 0.15) is 39.0 Å². The van der Waals surface area contributed by atoms with E-state index >= 15 is 0 Å². The lowest BCUT2D eigenvalue weighted by atomic mass is 9.83. The number of rotatable bonds is 5. The van der Waals surface area contributed by atoms with E-state index in [2.05, 4.69) is 24.3 Å². The van der Waals surface area contributed by atoms with Crippen molar-refractivity contribution in [3.63, 3.8) is 0 Å². The van der Waals surface area contributed by atoms with Crippen molar-refractivity contribution < 1.29 is 4.79 Å². The monoisotopic (exact) mass is 241 g/mol. The molecule has 1 fully saturated rings. The molecule has 3 N–H and O–H groups in total. The molecule has 17 heavy (non-hydrogen) atoms. The van der Waals surface area contributed by atoms with Gasteiger partial charge in [-0.25, -0.2) is 0 Å². The summed E-state index contributed by atoms with van der Waals surface area (Å²) < 4.78 is 0. The molecule has 0 bridgehead atoms. The maximum absolute atomic E-state index is 11.5. The second kappa shape index (κ2) is 6.97. The highest BCUT2D eigenvalue weighted by Crippen LogP contribution is 2.27. The fourth-order valence-corrected chi connectivity index (χ4v) is 2.66. The van der Waals surface area contributed by atoms with Gasteiger partial charge in [0.25, 0.3) is 0 Å². The number of nitrogens with zero attached hydrogens (tertiary/aromatic N) is 1. The number of likely N-dealkylation sites (N-methyl/N-ethyl adjacent to an activating group) is 1. The van der Waals surface area contributed by atoms with Crippen molar-refractivity contribution in [1.29, 1.82) is 0 Å². The average Bonchev–Trinajstić information content (AvgIpc) is 2.29. The molecule has 0 aliphatic heterocycles. The fourth-order valence-electron chi connectivity index (χ4n) is 2.66. The molecule has 0 aromatic carbocycles. The molecule has 1 amide bonds. The van der Waals surface area contributed by atoms with Crippen molar-refractivity contribution in [2.24, 2.45) is 11.7 Å². The lowest BCUT2D eigenvalue weighted by molar-refractivity contribution is -0.122. The molecule has 0 spiro atoms. The van der Waals surface area contributed by atoms with Crippen LogP contribution in [0.4, 0.5) is 0 Å². The van der Waals surface area contributed by atoms with Crippen LogP contribution in [0.5, 0.6) is 0 Å². The molecule has 0 aromatic heterocycles. The van der Waals surface area contributed by atoms with E-state index in [0.29, 0.717) is 12.0 Å². The van der Waals surface area contributed by atoms with Crippen LogP contribution in [0.25, 0.3) is 0 Å². The largest absolute Gasteiger partial charge is 0.353 e. The topological polar surface area (TPSA) is 58.4 Å². The Kier molecular flexibility index (Phi) is 5.92. The number of carbonyl (C=O) groups is 1. The fraction of sp³-hybridized carbons (Fsp3) is 0.923. The second-order valence-corrected chi connectivity index (χ2v) is 5.46. The van der Waals surface area contributed by atoms with Crippen LogP contribution < -0.4 is 11.1 Å². The second-order valence-electron chi connectivity index (χ2n) is 5.46. The first-order chi connectivity index (χ1) is 8.02. The van der Waals surface area contributed by atoms with Crippen LogP contribution in [0.3, 0.4) is 0 Å². The van der Waals surface area contributed by atoms with Gasteiger partial charge in [0.05, 0.1) is 6.04 Å². The molecule has 100 valence electrons. The summed E-state index contributed by atoms with van der Waals surface area (Å²) in [4.78, 5) is 13.7. The van der Waals surface area contributed by atoms with Gasteiger partial charge in [-0.3, -0.25) is 4.79 Å². The summed E-state index contributed by atoms with van der Waals surface area (Å²) >= 11 is 0. The summed E-state index contributed by atoms with van der Waals surface area (Å²) in [5.74, 6) is 0.666. The molecular formula is C13H27N3O. The molecule has 1 rings (SSSR count). The smallest absolute Gasteiger partial charge is 0.236 e. The molecular weight excluding hydrogens is 214 g/mol. The van der Waals surface area contributed by atoms with E-state index in [9.17, 15) is 4.79 Å². The Balaban J connectivity index is 2.45. The Bertz CT molecular complexity index is 235. The maximum Gasteiger partial charge on any atom is 0.236 e. The summed E-state index contributed by atoms with van der Waals surface area (Å²) in [7, 11) is 4.19. The van der Waals surface area contributed by atoms with E-state index in [0.717, 1.165) is 6.54 Å². The summed E-state index contributed by atoms with van der Waals surface area (Å²) in [6.07, 6.45) is 6.60. The number of hydrogen-bond donors (Lipinski definition) is 2. The van der Waals surface area contributed by atoms with Gasteiger partial charge in [0.15, 0.2) is 0 Å². The van der Waals surface area contributed by atoms with Gasteiger partial charge < -0.3 is 16.0 Å². The van der Waals surface area contributed by atoms with Gasteiger partial charge >= 0.3 is 0 Å². The summed E-state index contributed by atoms with van der Waals surface area (Å²) in [6.45, 7) is 2.44. The number of hydrogen-bond acceptors (Lipinski definition) is 3. The number of amides is 1. The quantitative estimate of drug-likeness (QED) is 0.754. The normalized spacial score (nSPS) is 21.2. The first-order valence-corrected chi connectivity index (χ1v) is 6.72. The predicted molar refractivity (Wildman–Crippen MR) is 70.7 cm³/mol. The third kappa shape index (κ3) is 4.64. The Morgan fingerprint density at radius 1 is 1.35 bits per heavy atom. The number of carbonyl (C=O) groups excluding carboxylic acids is 1. The Hall–Kier alpha value is -0.610. The zero-order chi connectivity index (χ0) is 12.8. The molecule has 1 saturated carbocycles. The standard InChI is InChI=1S/C13H27N3O/c1-10(14)13(17)15-9-12(16(2)3)11-7-5-4-6-8-11/h10-12H,4-9,14H2,1-3H3,(H,15,17). The Labute approximate surface area is 105 Å². The van der Waals surface area contributed by atoms with Gasteiger partial charge in [0.2, 0.25) is 5.91 Å². The molecule has 2 unspecified atom stereocenters. The van der Waals surface area contributed by atoms with Gasteiger partial charge in [-0.1, -0.05) is 19.3 Å². The molecule has 0 aromatic rings. The van der Waals surface area contributed by atoms with Gasteiger partial charge in [-0.05, 0) is 39.8 Å². The first-order valence-electron chi connectivity index (χ1n) is 6.72. The van der Waals surface area contributed by atoms with Crippen molar-refractivity contribution >= 4 is 5.91 Å². The Morgan fingerprint density at radius 3 is 2.41 bits per heavy atom. The van der Waals surface area contributed by atoms with E-state index in [4.69, 9.17) is 5.73 Å². The molecule has 2 atom stereocenters. The van der Waals surface area contributed by atoms with Gasteiger partial charge in [-0.2, -0.15) is 0 Å². The SMILES string of the molecule is CC(N)C(=O)NCC(C1CCCCC1)N(C)C. The molecule has 4 heteroatoms. The lowest BCUT2D eigenvalue weighted by Gasteiger charge is -2.35. The number of nitrogens with two attached hydrogens (primary N) is 1. The Morgan fingerprint density at radius 2 is 1.94 bits per heavy atom. The van der Waals surface area contributed by atoms with Crippen LogP contribution in [-0.2, 0) is 4.79 Å². The minimum absolute atomic E-state index is 0.0485. The lowest BCUT2D eigenvalue weighted by Crippen LogP contribution is -2.48. The van der Waals surface area contributed by atoms with Crippen LogP contribution >= 0.6 is 0 Å². The highest BCUT2D eigenvalue weighted by molar-refractivity contribution is 5.80. The zero-order valence-corrected chi connectivity index (χ0v) is 11.4. The van der Waals surface area contributed by atoms with E-state index < -0.39 is 6.04 Å².